The van der Waals surface area contributed by atoms with Crippen molar-refractivity contribution in [1.82, 2.24) is 4.98 Å². The van der Waals surface area contributed by atoms with Gasteiger partial charge < -0.3 is 4.74 Å². The summed E-state index contributed by atoms with van der Waals surface area (Å²) in [5.41, 5.74) is 2.98. The van der Waals surface area contributed by atoms with Crippen molar-refractivity contribution in [2.75, 3.05) is 11.8 Å². The molecule has 0 aliphatic heterocycles. The van der Waals surface area contributed by atoms with E-state index in [4.69, 9.17) is 4.74 Å². The molecule has 124 valence electrons. The molecule has 0 bridgehead atoms. The third-order valence-corrected chi connectivity index (χ3v) is 5.52. The van der Waals surface area contributed by atoms with Crippen LogP contribution < -0.4 is 9.46 Å². The van der Waals surface area contributed by atoms with E-state index in [2.05, 4.69) is 9.71 Å². The lowest BCUT2D eigenvalue weighted by molar-refractivity contribution is 0.410. The first kappa shape index (κ1) is 17.3. The molecular weight excluding hydrogens is 312 g/mol. The van der Waals surface area contributed by atoms with Gasteiger partial charge in [-0.25, -0.2) is 13.4 Å². The summed E-state index contributed by atoms with van der Waals surface area (Å²) in [5.74, 6) is 1.02. The van der Waals surface area contributed by atoms with Gasteiger partial charge in [0.15, 0.2) is 0 Å². The first-order chi connectivity index (χ1) is 10.8. The zero-order chi connectivity index (χ0) is 17.2. The van der Waals surface area contributed by atoms with E-state index in [9.17, 15) is 8.42 Å². The van der Waals surface area contributed by atoms with Crippen LogP contribution in [0.3, 0.4) is 0 Å². The third kappa shape index (κ3) is 3.47. The molecule has 2 rings (SSSR count). The van der Waals surface area contributed by atoms with Gasteiger partial charge in [0.05, 0.1) is 12.0 Å². The molecule has 0 unspecified atom stereocenters. The number of nitrogens with zero attached hydrogens (tertiary/aromatic N) is 1. The van der Waals surface area contributed by atoms with E-state index in [-0.39, 0.29) is 4.90 Å². The van der Waals surface area contributed by atoms with Crippen LogP contribution in [0.5, 0.6) is 5.75 Å². The standard InChI is InChI=1S/C17H22N2O3S/c1-6-14-8-7-9-16(18-14)19-23(20,21)17-11(2)10-15(22-5)12(3)13(17)4/h7-10H,6H2,1-5H3,(H,18,19). The van der Waals surface area contributed by atoms with Gasteiger partial charge in [-0.05, 0) is 62.1 Å². The van der Waals surface area contributed by atoms with Crippen molar-refractivity contribution in [3.05, 3.63) is 46.6 Å². The maximum Gasteiger partial charge on any atom is 0.263 e. The lowest BCUT2D eigenvalue weighted by atomic mass is 10.1. The van der Waals surface area contributed by atoms with Gasteiger partial charge in [-0.3, -0.25) is 4.72 Å². The number of pyridine rings is 1. The number of aromatic nitrogens is 1. The highest BCUT2D eigenvalue weighted by Gasteiger charge is 2.23. The van der Waals surface area contributed by atoms with Crippen molar-refractivity contribution in [3.63, 3.8) is 0 Å². The predicted octanol–water partition coefficient (Wildman–Crippen LogP) is 3.38. The van der Waals surface area contributed by atoms with Crippen LogP contribution >= 0.6 is 0 Å². The molecule has 0 atom stereocenters. The van der Waals surface area contributed by atoms with E-state index in [0.717, 1.165) is 17.7 Å². The highest BCUT2D eigenvalue weighted by molar-refractivity contribution is 7.92. The average Bonchev–Trinajstić information content (AvgIpc) is 2.50. The third-order valence-electron chi connectivity index (χ3n) is 3.88. The number of anilines is 1. The first-order valence-corrected chi connectivity index (χ1v) is 8.92. The Morgan fingerprint density at radius 3 is 2.48 bits per heavy atom. The number of rotatable bonds is 5. The summed E-state index contributed by atoms with van der Waals surface area (Å²) in [6, 6.07) is 7.05. The van der Waals surface area contributed by atoms with Crippen molar-refractivity contribution >= 4 is 15.8 Å². The van der Waals surface area contributed by atoms with Crippen LogP contribution in [-0.4, -0.2) is 20.5 Å². The lowest BCUT2D eigenvalue weighted by Crippen LogP contribution is -2.17. The molecule has 0 aliphatic rings. The number of sulfonamides is 1. The molecule has 0 saturated heterocycles. The van der Waals surface area contributed by atoms with Crippen LogP contribution in [0, 0.1) is 20.8 Å². The van der Waals surface area contributed by atoms with E-state index in [1.807, 2.05) is 19.9 Å². The zero-order valence-corrected chi connectivity index (χ0v) is 14.9. The number of ether oxygens (including phenoxy) is 1. The molecule has 1 N–H and O–H groups in total. The topological polar surface area (TPSA) is 68.3 Å². The summed E-state index contributed by atoms with van der Waals surface area (Å²) >= 11 is 0. The predicted molar refractivity (Wildman–Crippen MR) is 91.6 cm³/mol. The van der Waals surface area contributed by atoms with Gasteiger partial charge in [-0.1, -0.05) is 13.0 Å². The van der Waals surface area contributed by atoms with E-state index >= 15 is 0 Å². The number of aryl methyl sites for hydroxylation is 2. The van der Waals surface area contributed by atoms with Crippen LogP contribution in [0.25, 0.3) is 0 Å². The van der Waals surface area contributed by atoms with Gasteiger partial charge >= 0.3 is 0 Å². The molecule has 6 heteroatoms. The quantitative estimate of drug-likeness (QED) is 0.910. The van der Waals surface area contributed by atoms with Crippen molar-refractivity contribution < 1.29 is 13.2 Å². The maximum atomic E-state index is 12.8. The van der Waals surface area contributed by atoms with Crippen LogP contribution in [0.15, 0.2) is 29.2 Å². The molecule has 0 amide bonds. The van der Waals surface area contributed by atoms with Crippen molar-refractivity contribution in [2.45, 2.75) is 39.0 Å². The molecule has 0 saturated carbocycles. The Labute approximate surface area is 137 Å². The molecular formula is C17H22N2O3S. The molecule has 1 aromatic carbocycles. The van der Waals surface area contributed by atoms with E-state index in [1.165, 1.54) is 0 Å². The fourth-order valence-electron chi connectivity index (χ4n) is 2.57. The monoisotopic (exact) mass is 334 g/mol. The molecule has 0 aliphatic carbocycles. The number of hydrogen-bond donors (Lipinski definition) is 1. The summed E-state index contributed by atoms with van der Waals surface area (Å²) in [6.07, 6.45) is 0.745. The number of methoxy groups -OCH3 is 1. The molecule has 0 spiro atoms. The Morgan fingerprint density at radius 2 is 1.87 bits per heavy atom. The zero-order valence-electron chi connectivity index (χ0n) is 14.1. The largest absolute Gasteiger partial charge is 0.496 e. The van der Waals surface area contributed by atoms with Crippen LogP contribution in [0.4, 0.5) is 5.82 Å². The fourth-order valence-corrected chi connectivity index (χ4v) is 4.10. The number of hydrogen-bond acceptors (Lipinski definition) is 4. The molecule has 1 heterocycles. The second-order valence-electron chi connectivity index (χ2n) is 5.45. The first-order valence-electron chi connectivity index (χ1n) is 7.43. The number of benzene rings is 1. The van der Waals surface area contributed by atoms with Crippen LogP contribution in [-0.2, 0) is 16.4 Å². The van der Waals surface area contributed by atoms with Gasteiger partial charge in [0.1, 0.15) is 11.6 Å². The highest BCUT2D eigenvalue weighted by Crippen LogP contribution is 2.31. The molecule has 2 aromatic rings. The smallest absolute Gasteiger partial charge is 0.263 e. The Morgan fingerprint density at radius 1 is 1.17 bits per heavy atom. The van der Waals surface area contributed by atoms with Gasteiger partial charge in [0.2, 0.25) is 0 Å². The minimum atomic E-state index is -3.72. The molecule has 1 aromatic heterocycles. The van der Waals surface area contributed by atoms with Crippen molar-refractivity contribution in [2.24, 2.45) is 0 Å². The van der Waals surface area contributed by atoms with E-state index in [1.54, 1.807) is 39.2 Å². The van der Waals surface area contributed by atoms with Gasteiger partial charge in [0, 0.05) is 5.69 Å². The van der Waals surface area contributed by atoms with Crippen molar-refractivity contribution in [3.8, 4) is 5.75 Å². The Bertz CT molecular complexity index is 830. The molecule has 23 heavy (non-hydrogen) atoms. The normalized spacial score (nSPS) is 11.3. The molecule has 5 nitrogen and oxygen atoms in total. The summed E-state index contributed by atoms with van der Waals surface area (Å²) < 4.78 is 33.5. The van der Waals surface area contributed by atoms with E-state index in [0.29, 0.717) is 22.7 Å². The second kappa shape index (κ2) is 6.58. The lowest BCUT2D eigenvalue weighted by Gasteiger charge is -2.17. The minimum Gasteiger partial charge on any atom is -0.496 e. The van der Waals surface area contributed by atoms with Crippen LogP contribution in [0.2, 0.25) is 0 Å². The van der Waals surface area contributed by atoms with Gasteiger partial charge in [-0.2, -0.15) is 0 Å². The summed E-state index contributed by atoms with van der Waals surface area (Å²) in [6.45, 7) is 7.37. The summed E-state index contributed by atoms with van der Waals surface area (Å²) in [4.78, 5) is 4.58. The minimum absolute atomic E-state index is 0.277. The second-order valence-corrected chi connectivity index (χ2v) is 7.07. The average molecular weight is 334 g/mol. The summed E-state index contributed by atoms with van der Waals surface area (Å²) in [5, 5.41) is 0. The SMILES string of the molecule is CCc1cccc(NS(=O)(=O)c2c(C)cc(OC)c(C)c2C)n1. The maximum absolute atomic E-state index is 12.8. The fraction of sp³-hybridized carbons (Fsp3) is 0.353. The Balaban J connectivity index is 2.50. The van der Waals surface area contributed by atoms with Gasteiger partial charge in [0.25, 0.3) is 10.0 Å². The highest BCUT2D eigenvalue weighted by atomic mass is 32.2. The molecule has 0 fully saturated rings. The molecule has 0 radical (unpaired) electrons. The van der Waals surface area contributed by atoms with Crippen molar-refractivity contribution in [1.29, 1.82) is 0 Å². The van der Waals surface area contributed by atoms with Gasteiger partial charge in [-0.15, -0.1) is 0 Å². The van der Waals surface area contributed by atoms with Crippen LogP contribution in [0.1, 0.15) is 29.3 Å². The number of nitrogens with one attached hydrogen (secondary N) is 1. The van der Waals surface area contributed by atoms with E-state index < -0.39 is 10.0 Å². The summed E-state index contributed by atoms with van der Waals surface area (Å²) in [7, 11) is -2.14. The Kier molecular flexibility index (Phi) is 4.94. The Hall–Kier alpha value is -2.08.